The lowest BCUT2D eigenvalue weighted by Crippen LogP contribution is -2.51. The highest BCUT2D eigenvalue weighted by Gasteiger charge is 2.31. The van der Waals surface area contributed by atoms with Gasteiger partial charge in [0.05, 0.1) is 21.5 Å². The van der Waals surface area contributed by atoms with Crippen molar-refractivity contribution in [3.05, 3.63) is 52.0 Å². The van der Waals surface area contributed by atoms with Crippen molar-refractivity contribution >= 4 is 50.7 Å². The molecular formula is C25H31Cl2N3O6S. The summed E-state index contributed by atoms with van der Waals surface area (Å²) in [5, 5.41) is 3.46. The Labute approximate surface area is 227 Å². The first kappa shape index (κ1) is 28.9. The molecule has 202 valence electrons. The van der Waals surface area contributed by atoms with Gasteiger partial charge in [-0.05, 0) is 50.1 Å². The molecule has 0 aromatic heterocycles. The lowest BCUT2D eigenvalue weighted by atomic mass is 10.1. The fourth-order valence-corrected chi connectivity index (χ4v) is 5.09. The normalized spacial score (nSPS) is 13.5. The molecule has 2 aromatic carbocycles. The van der Waals surface area contributed by atoms with Crippen molar-refractivity contribution in [1.29, 1.82) is 0 Å². The van der Waals surface area contributed by atoms with Crippen LogP contribution in [0.5, 0.6) is 11.5 Å². The van der Waals surface area contributed by atoms with Crippen LogP contribution in [-0.4, -0.2) is 63.2 Å². The molecule has 37 heavy (non-hydrogen) atoms. The third kappa shape index (κ3) is 7.21. The van der Waals surface area contributed by atoms with E-state index in [4.69, 9.17) is 32.7 Å². The number of amides is 2. The lowest BCUT2D eigenvalue weighted by molar-refractivity contribution is -0.139. The molecule has 1 aliphatic heterocycles. The predicted octanol–water partition coefficient (Wildman–Crippen LogP) is 3.86. The summed E-state index contributed by atoms with van der Waals surface area (Å²) in [6.45, 7) is 5.71. The number of hydrogen-bond donors (Lipinski definition) is 1. The Morgan fingerprint density at radius 2 is 1.73 bits per heavy atom. The van der Waals surface area contributed by atoms with E-state index >= 15 is 0 Å². The topological polar surface area (TPSA) is 105 Å². The maximum absolute atomic E-state index is 13.7. The van der Waals surface area contributed by atoms with Crippen LogP contribution in [0.2, 0.25) is 10.0 Å². The standard InChI is InChI=1S/C25H31Cl2N3O6S/c1-4-10-28-25(32)17(3)29(15-18-6-8-20(26)21(27)13-18)24(31)16-30(37(33,34)5-2)19-7-9-22-23(14-19)36-12-11-35-22/h6-9,13-14,17H,4-5,10-12,15-16H2,1-3H3,(H,28,32)/t17-/m0/s1. The van der Waals surface area contributed by atoms with E-state index in [0.29, 0.717) is 46.9 Å². The summed E-state index contributed by atoms with van der Waals surface area (Å²) < 4.78 is 38.3. The zero-order valence-electron chi connectivity index (χ0n) is 21.0. The van der Waals surface area contributed by atoms with Crippen LogP contribution in [0, 0.1) is 0 Å². The first-order valence-corrected chi connectivity index (χ1v) is 14.3. The highest BCUT2D eigenvalue weighted by atomic mass is 35.5. The van der Waals surface area contributed by atoms with Gasteiger partial charge >= 0.3 is 0 Å². The van der Waals surface area contributed by atoms with E-state index in [-0.39, 0.29) is 23.9 Å². The Morgan fingerprint density at radius 1 is 1.03 bits per heavy atom. The number of carbonyl (C=O) groups excluding carboxylic acids is 2. The molecule has 0 saturated carbocycles. The number of hydrogen-bond acceptors (Lipinski definition) is 6. The van der Waals surface area contributed by atoms with Crippen molar-refractivity contribution < 1.29 is 27.5 Å². The number of halogens is 2. The van der Waals surface area contributed by atoms with E-state index in [1.165, 1.54) is 17.9 Å². The third-order valence-corrected chi connectivity index (χ3v) is 8.33. The summed E-state index contributed by atoms with van der Waals surface area (Å²) in [6.07, 6.45) is 0.728. The minimum atomic E-state index is -3.86. The van der Waals surface area contributed by atoms with Gasteiger partial charge in [-0.15, -0.1) is 0 Å². The Bertz CT molecular complexity index is 1240. The number of benzene rings is 2. The molecule has 1 N–H and O–H groups in total. The molecule has 0 fully saturated rings. The molecule has 1 heterocycles. The molecule has 1 aliphatic rings. The molecular weight excluding hydrogens is 541 g/mol. The summed E-state index contributed by atoms with van der Waals surface area (Å²) in [4.78, 5) is 27.8. The van der Waals surface area contributed by atoms with Gasteiger partial charge in [-0.1, -0.05) is 36.2 Å². The van der Waals surface area contributed by atoms with Crippen LogP contribution in [0.3, 0.4) is 0 Å². The van der Waals surface area contributed by atoms with E-state index in [1.807, 2.05) is 6.92 Å². The van der Waals surface area contributed by atoms with Crippen molar-refractivity contribution in [2.45, 2.75) is 39.8 Å². The highest BCUT2D eigenvalue weighted by molar-refractivity contribution is 7.92. The molecule has 3 rings (SSSR count). The van der Waals surface area contributed by atoms with Gasteiger partial charge in [0.15, 0.2) is 11.5 Å². The van der Waals surface area contributed by atoms with Crippen LogP contribution < -0.4 is 19.1 Å². The Morgan fingerprint density at radius 3 is 2.38 bits per heavy atom. The van der Waals surface area contributed by atoms with Crippen molar-refractivity contribution in [1.82, 2.24) is 10.2 Å². The second kappa shape index (κ2) is 12.7. The summed E-state index contributed by atoms with van der Waals surface area (Å²) in [6, 6.07) is 8.76. The monoisotopic (exact) mass is 571 g/mol. The van der Waals surface area contributed by atoms with Crippen molar-refractivity contribution in [2.75, 3.05) is 36.4 Å². The number of anilines is 1. The second-order valence-electron chi connectivity index (χ2n) is 8.47. The largest absolute Gasteiger partial charge is 0.486 e. The van der Waals surface area contributed by atoms with Gasteiger partial charge < -0.3 is 19.7 Å². The van der Waals surface area contributed by atoms with E-state index in [1.54, 1.807) is 37.3 Å². The van der Waals surface area contributed by atoms with Crippen LogP contribution in [-0.2, 0) is 26.2 Å². The van der Waals surface area contributed by atoms with E-state index in [9.17, 15) is 18.0 Å². The van der Waals surface area contributed by atoms with Gasteiger partial charge in [0, 0.05) is 19.2 Å². The number of nitrogens with one attached hydrogen (secondary N) is 1. The average molecular weight is 573 g/mol. The van der Waals surface area contributed by atoms with E-state index < -0.39 is 28.5 Å². The minimum absolute atomic E-state index is 0.0254. The SMILES string of the molecule is CCCNC(=O)[C@H](C)N(Cc1ccc(Cl)c(Cl)c1)C(=O)CN(c1ccc2c(c1)OCCO2)S(=O)(=O)CC. The molecule has 0 saturated heterocycles. The summed E-state index contributed by atoms with van der Waals surface area (Å²) in [7, 11) is -3.86. The van der Waals surface area contributed by atoms with Gasteiger partial charge in [-0.25, -0.2) is 8.42 Å². The Hall–Kier alpha value is -2.69. The first-order chi connectivity index (χ1) is 17.6. The fraction of sp³-hybridized carbons (Fsp3) is 0.440. The van der Waals surface area contributed by atoms with Gasteiger partial charge in [0.2, 0.25) is 21.8 Å². The number of ether oxygens (including phenoxy) is 2. The maximum Gasteiger partial charge on any atom is 0.244 e. The maximum atomic E-state index is 13.7. The number of fused-ring (bicyclic) bond motifs is 1. The van der Waals surface area contributed by atoms with Crippen LogP contribution in [0.15, 0.2) is 36.4 Å². The van der Waals surface area contributed by atoms with Gasteiger partial charge in [0.1, 0.15) is 25.8 Å². The fourth-order valence-electron chi connectivity index (χ4n) is 3.72. The molecule has 0 unspecified atom stereocenters. The van der Waals surface area contributed by atoms with Gasteiger partial charge in [-0.3, -0.25) is 13.9 Å². The number of carbonyl (C=O) groups is 2. The number of rotatable bonds is 11. The van der Waals surface area contributed by atoms with Crippen LogP contribution in [0.4, 0.5) is 5.69 Å². The number of sulfonamides is 1. The number of nitrogens with zero attached hydrogens (tertiary/aromatic N) is 2. The third-order valence-electron chi connectivity index (χ3n) is 5.85. The zero-order chi connectivity index (χ0) is 27.2. The molecule has 2 amide bonds. The first-order valence-electron chi connectivity index (χ1n) is 12.0. The Balaban J connectivity index is 1.95. The Kier molecular flexibility index (Phi) is 9.92. The average Bonchev–Trinajstić information content (AvgIpc) is 2.89. The van der Waals surface area contributed by atoms with Crippen LogP contribution in [0.25, 0.3) is 0 Å². The van der Waals surface area contributed by atoms with Crippen molar-refractivity contribution in [2.24, 2.45) is 0 Å². The summed E-state index contributed by atoms with van der Waals surface area (Å²) in [5.74, 6) is -0.240. The molecule has 12 heteroatoms. The second-order valence-corrected chi connectivity index (χ2v) is 11.5. The van der Waals surface area contributed by atoms with Crippen molar-refractivity contribution in [3.8, 4) is 11.5 Å². The van der Waals surface area contributed by atoms with Gasteiger partial charge in [0.25, 0.3) is 0 Å². The smallest absolute Gasteiger partial charge is 0.244 e. The lowest BCUT2D eigenvalue weighted by Gasteiger charge is -2.32. The highest BCUT2D eigenvalue weighted by Crippen LogP contribution is 2.35. The molecule has 0 bridgehead atoms. The van der Waals surface area contributed by atoms with E-state index in [0.717, 1.165) is 10.7 Å². The molecule has 2 aromatic rings. The van der Waals surface area contributed by atoms with Crippen LogP contribution in [0.1, 0.15) is 32.8 Å². The molecule has 1 atom stereocenters. The van der Waals surface area contributed by atoms with Crippen LogP contribution >= 0.6 is 23.2 Å². The molecule has 9 nitrogen and oxygen atoms in total. The molecule has 0 radical (unpaired) electrons. The van der Waals surface area contributed by atoms with E-state index in [2.05, 4.69) is 5.32 Å². The minimum Gasteiger partial charge on any atom is -0.486 e. The summed E-state index contributed by atoms with van der Waals surface area (Å²) in [5.41, 5.74) is 0.902. The molecule has 0 aliphatic carbocycles. The molecule has 0 spiro atoms. The van der Waals surface area contributed by atoms with Crippen molar-refractivity contribution in [3.63, 3.8) is 0 Å². The zero-order valence-corrected chi connectivity index (χ0v) is 23.3. The summed E-state index contributed by atoms with van der Waals surface area (Å²) >= 11 is 12.2. The predicted molar refractivity (Wildman–Crippen MR) is 144 cm³/mol. The quantitative estimate of drug-likeness (QED) is 0.439. The van der Waals surface area contributed by atoms with Gasteiger partial charge in [-0.2, -0.15) is 0 Å².